The first kappa shape index (κ1) is 28.1. The molecule has 0 aliphatic carbocycles. The quantitative estimate of drug-likeness (QED) is 0.426. The second-order valence-corrected chi connectivity index (χ2v) is 11.4. The van der Waals surface area contributed by atoms with Crippen LogP contribution in [0.1, 0.15) is 74.2 Å². The summed E-state index contributed by atoms with van der Waals surface area (Å²) in [4.78, 5) is 68.1. The van der Waals surface area contributed by atoms with Crippen LogP contribution in [-0.4, -0.2) is 89.3 Å². The highest BCUT2D eigenvalue weighted by Crippen LogP contribution is 2.32. The molecule has 6 atom stereocenters. The Bertz CT molecular complexity index is 1170. The van der Waals surface area contributed by atoms with Crippen molar-refractivity contribution in [2.45, 2.75) is 101 Å². The van der Waals surface area contributed by atoms with Gasteiger partial charge in [-0.15, -0.1) is 0 Å². The fourth-order valence-electron chi connectivity index (χ4n) is 6.39. The van der Waals surface area contributed by atoms with Gasteiger partial charge in [-0.25, -0.2) is 4.79 Å². The number of carbonyl (C=O) groups excluding carboxylic acids is 5. The van der Waals surface area contributed by atoms with E-state index in [0.29, 0.717) is 37.8 Å². The molecule has 11 nitrogen and oxygen atoms in total. The Hall–Kier alpha value is -3.47. The smallest absolute Gasteiger partial charge is 0.329 e. The van der Waals surface area contributed by atoms with E-state index in [1.807, 2.05) is 6.07 Å². The highest BCUT2D eigenvalue weighted by molar-refractivity contribution is 5.98. The maximum Gasteiger partial charge on any atom is 0.329 e. The molecule has 4 fully saturated rings. The van der Waals surface area contributed by atoms with Crippen LogP contribution in [0.15, 0.2) is 24.3 Å². The SMILES string of the molecule is CNC(C)C(=O)NC1CCCCC2CCC(C(=O)NCc3cccc(C(=O)N4CCC5CC4C(=O)O5)c3)N2C1=O. The highest BCUT2D eigenvalue weighted by Gasteiger charge is 2.45. The van der Waals surface area contributed by atoms with E-state index in [1.54, 1.807) is 42.0 Å². The van der Waals surface area contributed by atoms with Gasteiger partial charge in [-0.2, -0.15) is 0 Å². The Kier molecular flexibility index (Phi) is 8.39. The lowest BCUT2D eigenvalue weighted by Gasteiger charge is -2.35. The summed E-state index contributed by atoms with van der Waals surface area (Å²) in [5.41, 5.74) is 1.21. The van der Waals surface area contributed by atoms with Crippen molar-refractivity contribution in [1.82, 2.24) is 25.8 Å². The molecule has 0 radical (unpaired) electrons. The van der Waals surface area contributed by atoms with Crippen LogP contribution in [0.25, 0.3) is 0 Å². The molecule has 0 spiro atoms. The molecule has 3 N–H and O–H groups in total. The maximum atomic E-state index is 13.6. The summed E-state index contributed by atoms with van der Waals surface area (Å²) in [6.07, 6.45) is 5.59. The molecule has 216 valence electrons. The predicted octanol–water partition coefficient (Wildman–Crippen LogP) is 0.859. The van der Waals surface area contributed by atoms with E-state index < -0.39 is 24.2 Å². The number of rotatable bonds is 7. The third kappa shape index (κ3) is 5.70. The van der Waals surface area contributed by atoms with Crippen LogP contribution in [0.4, 0.5) is 0 Å². The number of nitrogens with one attached hydrogen (secondary N) is 3. The van der Waals surface area contributed by atoms with E-state index in [2.05, 4.69) is 16.0 Å². The molecule has 4 aliphatic rings. The number of likely N-dealkylation sites (tertiary alicyclic amines) is 1. The summed E-state index contributed by atoms with van der Waals surface area (Å²) in [5, 5.41) is 8.74. The van der Waals surface area contributed by atoms with Crippen LogP contribution < -0.4 is 16.0 Å². The number of piperidine rings is 1. The van der Waals surface area contributed by atoms with Crippen molar-refractivity contribution in [2.75, 3.05) is 13.6 Å². The lowest BCUT2D eigenvalue weighted by molar-refractivity contribution is -0.144. The van der Waals surface area contributed by atoms with Crippen molar-refractivity contribution in [3.8, 4) is 0 Å². The third-order valence-corrected chi connectivity index (χ3v) is 8.79. The standard InChI is InChI=1S/C29H39N5O6/c1-17(30-2)25(35)32-22-9-4-3-8-20-10-11-23(34(20)28(22)38)26(36)31-16-18-6-5-7-19(14-18)27(37)33-13-12-21-15-24(33)29(39)40-21/h5-7,14,17,20-24,30H,3-4,8-13,15-16H2,1-2H3,(H,31,36)(H,32,35). The number of esters is 1. The van der Waals surface area contributed by atoms with E-state index in [-0.39, 0.29) is 48.3 Å². The molecule has 0 aromatic heterocycles. The van der Waals surface area contributed by atoms with Crippen molar-refractivity contribution >= 4 is 29.6 Å². The normalized spacial score (nSPS) is 28.7. The Morgan fingerprint density at radius 1 is 1.07 bits per heavy atom. The largest absolute Gasteiger partial charge is 0.461 e. The van der Waals surface area contributed by atoms with E-state index in [0.717, 1.165) is 31.2 Å². The minimum Gasteiger partial charge on any atom is -0.461 e. The maximum absolute atomic E-state index is 13.6. The van der Waals surface area contributed by atoms with Gasteiger partial charge in [0, 0.05) is 37.5 Å². The van der Waals surface area contributed by atoms with Crippen molar-refractivity contribution in [2.24, 2.45) is 0 Å². The summed E-state index contributed by atoms with van der Waals surface area (Å²) < 4.78 is 5.31. The lowest BCUT2D eigenvalue weighted by Crippen LogP contribution is -2.57. The average Bonchev–Trinajstić information content (AvgIpc) is 3.51. The van der Waals surface area contributed by atoms with Gasteiger partial charge in [0.05, 0.1) is 6.04 Å². The number of benzene rings is 1. The molecule has 11 heteroatoms. The van der Waals surface area contributed by atoms with Crippen molar-refractivity contribution < 1.29 is 28.7 Å². The zero-order chi connectivity index (χ0) is 28.4. The minimum absolute atomic E-state index is 0.0166. The zero-order valence-corrected chi connectivity index (χ0v) is 23.2. The summed E-state index contributed by atoms with van der Waals surface area (Å²) in [6.45, 7) is 2.42. The number of likely N-dealkylation sites (N-methyl/N-ethyl adjacent to an activating group) is 1. The first-order chi connectivity index (χ1) is 19.3. The van der Waals surface area contributed by atoms with Gasteiger partial charge in [0.2, 0.25) is 17.7 Å². The Labute approximate surface area is 234 Å². The molecular formula is C29H39N5O6. The summed E-state index contributed by atoms with van der Waals surface area (Å²) in [6, 6.07) is 4.83. The van der Waals surface area contributed by atoms with Crippen molar-refractivity contribution in [1.29, 1.82) is 0 Å². The van der Waals surface area contributed by atoms with Crippen LogP contribution >= 0.6 is 0 Å². The van der Waals surface area contributed by atoms with Gasteiger partial charge in [0.15, 0.2) is 0 Å². The Morgan fingerprint density at radius 2 is 1.88 bits per heavy atom. The van der Waals surface area contributed by atoms with Gasteiger partial charge < -0.3 is 30.5 Å². The van der Waals surface area contributed by atoms with Gasteiger partial charge in [0.25, 0.3) is 5.91 Å². The van der Waals surface area contributed by atoms with Gasteiger partial charge in [0.1, 0.15) is 24.2 Å². The number of hydrogen-bond acceptors (Lipinski definition) is 7. The molecule has 6 unspecified atom stereocenters. The van der Waals surface area contributed by atoms with Crippen LogP contribution in [0.5, 0.6) is 0 Å². The molecule has 5 rings (SSSR count). The number of fused-ring (bicyclic) bond motifs is 3. The first-order valence-electron chi connectivity index (χ1n) is 14.4. The molecule has 1 aromatic rings. The monoisotopic (exact) mass is 553 g/mol. The molecule has 4 saturated heterocycles. The van der Waals surface area contributed by atoms with Gasteiger partial charge in [-0.1, -0.05) is 25.0 Å². The van der Waals surface area contributed by atoms with Crippen LogP contribution in [0.2, 0.25) is 0 Å². The molecule has 4 heterocycles. The highest BCUT2D eigenvalue weighted by atomic mass is 16.6. The number of nitrogens with zero attached hydrogens (tertiary/aromatic N) is 2. The van der Waals surface area contributed by atoms with Crippen molar-refractivity contribution in [3.63, 3.8) is 0 Å². The molecule has 2 bridgehead atoms. The third-order valence-electron chi connectivity index (χ3n) is 8.79. The van der Waals surface area contributed by atoms with E-state index in [4.69, 9.17) is 4.74 Å². The fraction of sp³-hybridized carbons (Fsp3) is 0.621. The molecule has 4 amide bonds. The summed E-state index contributed by atoms with van der Waals surface area (Å²) in [7, 11) is 1.69. The topological polar surface area (TPSA) is 137 Å². The van der Waals surface area contributed by atoms with Crippen LogP contribution in [-0.2, 0) is 30.5 Å². The number of amides is 4. The van der Waals surface area contributed by atoms with E-state index in [1.165, 1.54) is 0 Å². The Balaban J connectivity index is 1.23. The number of hydrogen-bond donors (Lipinski definition) is 3. The fourth-order valence-corrected chi connectivity index (χ4v) is 6.39. The van der Waals surface area contributed by atoms with Gasteiger partial charge in [-0.3, -0.25) is 19.2 Å². The van der Waals surface area contributed by atoms with Crippen molar-refractivity contribution in [3.05, 3.63) is 35.4 Å². The number of carbonyl (C=O) groups is 5. The Morgan fingerprint density at radius 3 is 2.67 bits per heavy atom. The summed E-state index contributed by atoms with van der Waals surface area (Å²) >= 11 is 0. The minimum atomic E-state index is -0.649. The second-order valence-electron chi connectivity index (χ2n) is 11.4. The lowest BCUT2D eigenvalue weighted by atomic mass is 9.98. The van der Waals surface area contributed by atoms with E-state index >= 15 is 0 Å². The molecule has 4 aliphatic heterocycles. The first-order valence-corrected chi connectivity index (χ1v) is 14.4. The van der Waals surface area contributed by atoms with Gasteiger partial charge >= 0.3 is 5.97 Å². The van der Waals surface area contributed by atoms with E-state index in [9.17, 15) is 24.0 Å². The second kappa shape index (κ2) is 12.0. The molecular weight excluding hydrogens is 514 g/mol. The average molecular weight is 554 g/mol. The summed E-state index contributed by atoms with van der Waals surface area (Å²) in [5.74, 6) is -1.23. The predicted molar refractivity (Wildman–Crippen MR) is 145 cm³/mol. The molecule has 40 heavy (non-hydrogen) atoms. The van der Waals surface area contributed by atoms with Gasteiger partial charge in [-0.05, 0) is 57.4 Å². The van der Waals surface area contributed by atoms with Crippen LogP contribution in [0.3, 0.4) is 0 Å². The number of ether oxygens (including phenoxy) is 1. The van der Waals surface area contributed by atoms with Crippen LogP contribution in [0, 0.1) is 0 Å². The molecule has 0 saturated carbocycles. The molecule has 1 aromatic carbocycles. The zero-order valence-electron chi connectivity index (χ0n) is 23.2.